The third-order valence-electron chi connectivity index (χ3n) is 3.92. The number of rotatable bonds is 4. The Morgan fingerprint density at radius 2 is 1.91 bits per heavy atom. The molecule has 7 heteroatoms. The molecule has 0 spiro atoms. The minimum atomic E-state index is -0.551. The Kier molecular flexibility index (Phi) is 6.24. The minimum absolute atomic E-state index is 0.0699. The van der Waals surface area contributed by atoms with Gasteiger partial charge in [0.2, 0.25) is 0 Å². The van der Waals surface area contributed by atoms with Crippen LogP contribution < -0.4 is 5.32 Å². The molecule has 0 saturated carbocycles. The third-order valence-corrected chi connectivity index (χ3v) is 4.26. The molecule has 1 aliphatic rings. The van der Waals surface area contributed by atoms with Gasteiger partial charge in [0, 0.05) is 37.7 Å². The summed E-state index contributed by atoms with van der Waals surface area (Å²) in [5, 5.41) is 3.33. The molecule has 0 aromatic heterocycles. The molecule has 1 atom stereocenters. The summed E-state index contributed by atoms with van der Waals surface area (Å²) < 4.78 is 4.96. The van der Waals surface area contributed by atoms with Crippen molar-refractivity contribution in [1.82, 2.24) is 15.1 Å². The summed E-state index contributed by atoms with van der Waals surface area (Å²) in [6.07, 6.45) is 0. The van der Waals surface area contributed by atoms with Crippen LogP contribution in [0.5, 0.6) is 0 Å². The van der Waals surface area contributed by atoms with Gasteiger partial charge < -0.3 is 15.0 Å². The van der Waals surface area contributed by atoms with Crippen molar-refractivity contribution in [2.24, 2.45) is 0 Å². The first-order valence-electron chi connectivity index (χ1n) is 7.67. The van der Waals surface area contributed by atoms with Crippen molar-refractivity contribution in [3.8, 4) is 0 Å². The summed E-state index contributed by atoms with van der Waals surface area (Å²) in [4.78, 5) is 27.9. The number of esters is 1. The maximum atomic E-state index is 12.3. The number of amides is 2. The Hall–Kier alpha value is -1.79. The van der Waals surface area contributed by atoms with Gasteiger partial charge in [-0.25, -0.2) is 9.59 Å². The van der Waals surface area contributed by atoms with Gasteiger partial charge in [-0.3, -0.25) is 4.90 Å². The molecule has 2 rings (SSSR count). The lowest BCUT2D eigenvalue weighted by Gasteiger charge is -2.38. The molecule has 1 unspecified atom stereocenters. The number of carbonyl (C=O) groups excluding carboxylic acids is 2. The van der Waals surface area contributed by atoms with Crippen molar-refractivity contribution in [3.05, 3.63) is 34.9 Å². The summed E-state index contributed by atoms with van der Waals surface area (Å²) in [6, 6.07) is 6.65. The molecule has 1 aromatic carbocycles. The van der Waals surface area contributed by atoms with Crippen molar-refractivity contribution < 1.29 is 14.3 Å². The van der Waals surface area contributed by atoms with E-state index in [-0.39, 0.29) is 12.0 Å². The second-order valence-electron chi connectivity index (χ2n) is 5.31. The van der Waals surface area contributed by atoms with Crippen LogP contribution in [0.25, 0.3) is 0 Å². The fourth-order valence-electron chi connectivity index (χ4n) is 2.73. The number of urea groups is 1. The van der Waals surface area contributed by atoms with Crippen molar-refractivity contribution in [2.45, 2.75) is 13.0 Å². The Morgan fingerprint density at radius 3 is 2.48 bits per heavy atom. The van der Waals surface area contributed by atoms with Gasteiger partial charge in [0.25, 0.3) is 0 Å². The molecule has 126 valence electrons. The van der Waals surface area contributed by atoms with E-state index in [4.69, 9.17) is 16.3 Å². The first-order chi connectivity index (χ1) is 11.1. The van der Waals surface area contributed by atoms with Gasteiger partial charge >= 0.3 is 12.0 Å². The summed E-state index contributed by atoms with van der Waals surface area (Å²) in [5.74, 6) is -0.343. The van der Waals surface area contributed by atoms with Crippen LogP contribution in [-0.2, 0) is 9.53 Å². The van der Waals surface area contributed by atoms with Gasteiger partial charge in [-0.2, -0.15) is 0 Å². The minimum Gasteiger partial charge on any atom is -0.468 e. The predicted molar refractivity (Wildman–Crippen MR) is 88.4 cm³/mol. The molecule has 23 heavy (non-hydrogen) atoms. The zero-order valence-electron chi connectivity index (χ0n) is 13.4. The Labute approximate surface area is 141 Å². The summed E-state index contributed by atoms with van der Waals surface area (Å²) in [6.45, 7) is 4.78. The fourth-order valence-corrected chi connectivity index (χ4v) is 2.97. The normalized spacial score (nSPS) is 16.7. The highest BCUT2D eigenvalue weighted by atomic mass is 35.5. The number of halogens is 1. The van der Waals surface area contributed by atoms with E-state index in [1.807, 2.05) is 30.0 Å². The smallest absolute Gasteiger partial charge is 0.327 e. The van der Waals surface area contributed by atoms with Crippen LogP contribution in [0.4, 0.5) is 4.79 Å². The molecule has 1 aliphatic heterocycles. The zero-order valence-corrected chi connectivity index (χ0v) is 14.2. The number of hydrogen-bond donors (Lipinski definition) is 1. The largest absolute Gasteiger partial charge is 0.468 e. The number of carbonyl (C=O) groups is 2. The number of piperazine rings is 1. The molecule has 2 amide bonds. The van der Waals surface area contributed by atoms with E-state index >= 15 is 0 Å². The first kappa shape index (κ1) is 17.6. The van der Waals surface area contributed by atoms with Crippen molar-refractivity contribution in [3.63, 3.8) is 0 Å². The van der Waals surface area contributed by atoms with E-state index in [0.717, 1.165) is 5.56 Å². The second-order valence-corrected chi connectivity index (χ2v) is 5.71. The molecule has 0 radical (unpaired) electrons. The Balaban J connectivity index is 2.12. The second kappa shape index (κ2) is 8.17. The van der Waals surface area contributed by atoms with Gasteiger partial charge in [0.05, 0.1) is 7.11 Å². The maximum Gasteiger partial charge on any atom is 0.327 e. The molecule has 6 nitrogen and oxygen atoms in total. The monoisotopic (exact) mass is 339 g/mol. The number of nitrogens with one attached hydrogen (secondary N) is 1. The fraction of sp³-hybridized carbons (Fsp3) is 0.500. The van der Waals surface area contributed by atoms with Gasteiger partial charge in [-0.15, -0.1) is 0 Å². The summed E-state index contributed by atoms with van der Waals surface area (Å²) in [7, 11) is 1.37. The summed E-state index contributed by atoms with van der Waals surface area (Å²) in [5.41, 5.74) is 0.729. The van der Waals surface area contributed by atoms with Gasteiger partial charge in [0.15, 0.2) is 0 Å². The number of methoxy groups -OCH3 is 1. The molecule has 0 aliphatic carbocycles. The van der Waals surface area contributed by atoms with Crippen LogP contribution in [-0.4, -0.2) is 61.6 Å². The lowest BCUT2D eigenvalue weighted by atomic mass is 10.0. The number of benzene rings is 1. The van der Waals surface area contributed by atoms with Crippen molar-refractivity contribution in [2.75, 3.05) is 39.8 Å². The quantitative estimate of drug-likeness (QED) is 0.851. The molecule has 1 aromatic rings. The zero-order chi connectivity index (χ0) is 16.8. The molecule has 0 bridgehead atoms. The van der Waals surface area contributed by atoms with Crippen molar-refractivity contribution >= 4 is 23.6 Å². The lowest BCUT2D eigenvalue weighted by Crippen LogP contribution is -2.53. The topological polar surface area (TPSA) is 61.9 Å². The summed E-state index contributed by atoms with van der Waals surface area (Å²) >= 11 is 6.25. The standard InChI is InChI=1S/C16H22ClN3O3/c1-3-18-16(22)20-10-8-19(9-11-20)14(15(21)23-2)12-6-4-5-7-13(12)17/h4-7,14H,3,8-11H2,1-2H3,(H,18,22). The van der Waals surface area contributed by atoms with Crippen molar-refractivity contribution in [1.29, 1.82) is 0 Å². The highest BCUT2D eigenvalue weighted by Gasteiger charge is 2.33. The van der Waals surface area contributed by atoms with E-state index in [2.05, 4.69) is 5.32 Å². The molecule has 1 heterocycles. The molecule has 1 fully saturated rings. The SMILES string of the molecule is CCNC(=O)N1CCN(C(C(=O)OC)c2ccccc2Cl)CC1. The van der Waals surface area contributed by atoms with Gasteiger partial charge in [-0.05, 0) is 18.6 Å². The highest BCUT2D eigenvalue weighted by Crippen LogP contribution is 2.29. The van der Waals surface area contributed by atoms with Crippen LogP contribution in [0.3, 0.4) is 0 Å². The van der Waals surface area contributed by atoms with E-state index in [0.29, 0.717) is 37.7 Å². The van der Waals surface area contributed by atoms with Gasteiger partial charge in [0.1, 0.15) is 6.04 Å². The average molecular weight is 340 g/mol. The molecular weight excluding hydrogens is 318 g/mol. The van der Waals surface area contributed by atoms with E-state index < -0.39 is 6.04 Å². The van der Waals surface area contributed by atoms with Crippen LogP contribution in [0, 0.1) is 0 Å². The van der Waals surface area contributed by atoms with Crippen LogP contribution >= 0.6 is 11.6 Å². The van der Waals surface area contributed by atoms with Crippen LogP contribution in [0.2, 0.25) is 5.02 Å². The lowest BCUT2D eigenvalue weighted by molar-refractivity contribution is -0.148. The molecule has 1 saturated heterocycles. The number of hydrogen-bond acceptors (Lipinski definition) is 4. The van der Waals surface area contributed by atoms with Gasteiger partial charge in [-0.1, -0.05) is 29.8 Å². The highest BCUT2D eigenvalue weighted by molar-refractivity contribution is 6.31. The third kappa shape index (κ3) is 4.14. The number of ether oxygens (including phenoxy) is 1. The number of nitrogens with zero attached hydrogens (tertiary/aromatic N) is 2. The van der Waals surface area contributed by atoms with E-state index in [1.54, 1.807) is 11.0 Å². The maximum absolute atomic E-state index is 12.3. The van der Waals surface area contributed by atoms with Crippen LogP contribution in [0.15, 0.2) is 24.3 Å². The van der Waals surface area contributed by atoms with Crippen LogP contribution in [0.1, 0.15) is 18.5 Å². The molecule has 1 N–H and O–H groups in total. The average Bonchev–Trinajstić information content (AvgIpc) is 2.57. The predicted octanol–water partition coefficient (Wildman–Crippen LogP) is 1.90. The van der Waals surface area contributed by atoms with E-state index in [9.17, 15) is 9.59 Å². The molecular formula is C16H22ClN3O3. The Morgan fingerprint density at radius 1 is 1.26 bits per heavy atom. The Bertz CT molecular complexity index is 559. The van der Waals surface area contributed by atoms with E-state index in [1.165, 1.54) is 7.11 Å². The first-order valence-corrected chi connectivity index (χ1v) is 8.05.